The van der Waals surface area contributed by atoms with Crippen LogP contribution in [0.15, 0.2) is 24.3 Å². The Balaban J connectivity index is 1.57. The standard InChI is InChI=1S/C24H33N3O3S/c1-15(2)14-18(22(30)26-12-8-5-9-13-26)25-20(28)19-24(3,4)31-23-17-11-7-6-10-16(17)21(29)27(19)23/h6-7,10-11,15,18-19,23H,5,8-9,12-14H2,1-4H3,(H,25,28). The van der Waals surface area contributed by atoms with Crippen molar-refractivity contribution in [2.45, 2.75) is 75.6 Å². The average molecular weight is 444 g/mol. The predicted octanol–water partition coefficient (Wildman–Crippen LogP) is 3.58. The van der Waals surface area contributed by atoms with E-state index < -0.39 is 16.8 Å². The van der Waals surface area contributed by atoms with Gasteiger partial charge in [0.15, 0.2) is 0 Å². The SMILES string of the molecule is CC(C)CC(NC(=O)C1N2C(=O)c3ccccc3C2SC1(C)C)C(=O)N1CCCCC1. The molecule has 7 heteroatoms. The zero-order valence-electron chi connectivity index (χ0n) is 18.9. The molecule has 3 aliphatic rings. The van der Waals surface area contributed by atoms with E-state index in [9.17, 15) is 14.4 Å². The van der Waals surface area contributed by atoms with Crippen LogP contribution in [0.1, 0.15) is 74.7 Å². The van der Waals surface area contributed by atoms with Crippen molar-refractivity contribution >= 4 is 29.5 Å². The van der Waals surface area contributed by atoms with Crippen LogP contribution in [0.4, 0.5) is 0 Å². The summed E-state index contributed by atoms with van der Waals surface area (Å²) < 4.78 is -0.450. The van der Waals surface area contributed by atoms with Crippen LogP contribution in [-0.4, -0.2) is 57.4 Å². The summed E-state index contributed by atoms with van der Waals surface area (Å²) >= 11 is 1.65. The van der Waals surface area contributed by atoms with Gasteiger partial charge in [0.1, 0.15) is 17.5 Å². The molecule has 1 aromatic rings. The maximum atomic E-state index is 13.6. The molecule has 31 heavy (non-hydrogen) atoms. The van der Waals surface area contributed by atoms with Crippen LogP contribution in [0.2, 0.25) is 0 Å². The Hall–Kier alpha value is -2.02. The number of hydrogen-bond donors (Lipinski definition) is 1. The normalized spacial score (nSPS) is 25.4. The molecule has 168 valence electrons. The van der Waals surface area contributed by atoms with Gasteiger partial charge in [-0.1, -0.05) is 32.0 Å². The van der Waals surface area contributed by atoms with Gasteiger partial charge < -0.3 is 15.1 Å². The minimum absolute atomic E-state index is 0.0118. The fraction of sp³-hybridized carbons (Fsp3) is 0.625. The smallest absolute Gasteiger partial charge is 0.256 e. The van der Waals surface area contributed by atoms with Gasteiger partial charge in [-0.2, -0.15) is 0 Å². The second kappa shape index (κ2) is 8.49. The fourth-order valence-electron chi connectivity index (χ4n) is 5.08. The third-order valence-corrected chi connectivity index (χ3v) is 8.07. The van der Waals surface area contributed by atoms with Gasteiger partial charge in [0.05, 0.1) is 0 Å². The highest BCUT2D eigenvalue weighted by Gasteiger charge is 2.57. The lowest BCUT2D eigenvalue weighted by Gasteiger charge is -2.34. The van der Waals surface area contributed by atoms with Gasteiger partial charge in [-0.3, -0.25) is 14.4 Å². The van der Waals surface area contributed by atoms with Gasteiger partial charge in [-0.05, 0) is 57.1 Å². The lowest BCUT2D eigenvalue weighted by atomic mass is 9.97. The first-order valence-electron chi connectivity index (χ1n) is 11.4. The van der Waals surface area contributed by atoms with E-state index in [2.05, 4.69) is 19.2 Å². The van der Waals surface area contributed by atoms with Crippen molar-refractivity contribution in [3.05, 3.63) is 35.4 Å². The van der Waals surface area contributed by atoms with Crippen LogP contribution in [0.3, 0.4) is 0 Å². The molecule has 2 fully saturated rings. The molecular weight excluding hydrogens is 410 g/mol. The Bertz CT molecular complexity index is 879. The summed E-state index contributed by atoms with van der Waals surface area (Å²) in [5.74, 6) is -0.0352. The Labute approximate surface area is 189 Å². The number of benzene rings is 1. The highest BCUT2D eigenvalue weighted by Crippen LogP contribution is 2.56. The molecule has 2 saturated heterocycles. The Morgan fingerprint density at radius 3 is 2.52 bits per heavy atom. The Morgan fingerprint density at radius 1 is 1.16 bits per heavy atom. The van der Waals surface area contributed by atoms with E-state index in [4.69, 9.17) is 0 Å². The van der Waals surface area contributed by atoms with E-state index in [0.717, 1.165) is 37.9 Å². The van der Waals surface area contributed by atoms with E-state index in [1.165, 1.54) is 0 Å². The number of carbonyl (C=O) groups is 3. The molecule has 0 spiro atoms. The molecule has 1 N–H and O–H groups in total. The Morgan fingerprint density at radius 2 is 1.84 bits per heavy atom. The zero-order chi connectivity index (χ0) is 22.3. The zero-order valence-corrected chi connectivity index (χ0v) is 19.7. The van der Waals surface area contributed by atoms with Gasteiger partial charge in [0, 0.05) is 23.4 Å². The molecule has 3 heterocycles. The first kappa shape index (κ1) is 22.2. The van der Waals surface area contributed by atoms with Crippen molar-refractivity contribution in [3.8, 4) is 0 Å². The van der Waals surface area contributed by atoms with Crippen LogP contribution in [0.5, 0.6) is 0 Å². The number of hydrogen-bond acceptors (Lipinski definition) is 4. The van der Waals surface area contributed by atoms with Gasteiger partial charge >= 0.3 is 0 Å². The van der Waals surface area contributed by atoms with Gasteiger partial charge in [-0.25, -0.2) is 0 Å². The minimum Gasteiger partial charge on any atom is -0.342 e. The summed E-state index contributed by atoms with van der Waals surface area (Å²) in [5.41, 5.74) is 1.65. The largest absolute Gasteiger partial charge is 0.342 e. The molecular formula is C24H33N3O3S. The van der Waals surface area contributed by atoms with Crippen molar-refractivity contribution in [1.82, 2.24) is 15.1 Å². The molecule has 4 rings (SSSR count). The second-order valence-electron chi connectivity index (χ2n) is 9.85. The third-order valence-electron chi connectivity index (χ3n) is 6.53. The maximum Gasteiger partial charge on any atom is 0.256 e. The molecule has 3 unspecified atom stereocenters. The third kappa shape index (κ3) is 4.09. The van der Waals surface area contributed by atoms with Crippen molar-refractivity contribution in [2.75, 3.05) is 13.1 Å². The number of rotatable bonds is 5. The first-order valence-corrected chi connectivity index (χ1v) is 12.3. The molecule has 0 aromatic heterocycles. The molecule has 3 atom stereocenters. The minimum atomic E-state index is -0.619. The van der Waals surface area contributed by atoms with Crippen LogP contribution >= 0.6 is 11.8 Å². The van der Waals surface area contributed by atoms with Crippen LogP contribution in [0, 0.1) is 5.92 Å². The van der Waals surface area contributed by atoms with Crippen molar-refractivity contribution in [3.63, 3.8) is 0 Å². The van der Waals surface area contributed by atoms with Crippen molar-refractivity contribution < 1.29 is 14.4 Å². The number of carbonyl (C=O) groups excluding carboxylic acids is 3. The predicted molar refractivity (Wildman–Crippen MR) is 123 cm³/mol. The van der Waals surface area contributed by atoms with Gasteiger partial charge in [0.2, 0.25) is 11.8 Å². The summed E-state index contributed by atoms with van der Waals surface area (Å²) in [7, 11) is 0. The molecule has 1 aromatic carbocycles. The number of fused-ring (bicyclic) bond motifs is 3. The maximum absolute atomic E-state index is 13.6. The van der Waals surface area contributed by atoms with E-state index in [1.54, 1.807) is 16.7 Å². The molecule has 0 radical (unpaired) electrons. The number of thioether (sulfide) groups is 1. The number of nitrogens with one attached hydrogen (secondary N) is 1. The number of amides is 3. The van der Waals surface area contributed by atoms with E-state index in [1.807, 2.05) is 43.0 Å². The second-order valence-corrected chi connectivity index (χ2v) is 11.6. The average Bonchev–Trinajstić information content (AvgIpc) is 3.16. The highest BCUT2D eigenvalue weighted by molar-refractivity contribution is 8.01. The molecule has 0 bridgehead atoms. The fourth-order valence-corrected chi connectivity index (χ4v) is 6.67. The van der Waals surface area contributed by atoms with Crippen molar-refractivity contribution in [1.29, 1.82) is 0 Å². The van der Waals surface area contributed by atoms with Crippen LogP contribution < -0.4 is 5.32 Å². The van der Waals surface area contributed by atoms with E-state index in [-0.39, 0.29) is 29.0 Å². The summed E-state index contributed by atoms with van der Waals surface area (Å²) in [6.45, 7) is 9.68. The molecule has 3 amide bonds. The van der Waals surface area contributed by atoms with Crippen LogP contribution in [0.25, 0.3) is 0 Å². The number of likely N-dealkylation sites (tertiary alicyclic amines) is 1. The number of piperidine rings is 1. The van der Waals surface area contributed by atoms with Gasteiger partial charge in [0.25, 0.3) is 5.91 Å². The lowest BCUT2D eigenvalue weighted by Crippen LogP contribution is -2.58. The van der Waals surface area contributed by atoms with Crippen LogP contribution in [-0.2, 0) is 9.59 Å². The summed E-state index contributed by atoms with van der Waals surface area (Å²) in [6.07, 6.45) is 3.78. The summed E-state index contributed by atoms with van der Waals surface area (Å²) in [4.78, 5) is 43.6. The van der Waals surface area contributed by atoms with Gasteiger partial charge in [-0.15, -0.1) is 11.8 Å². The molecule has 6 nitrogen and oxygen atoms in total. The molecule has 3 aliphatic heterocycles. The van der Waals surface area contributed by atoms with E-state index in [0.29, 0.717) is 12.0 Å². The lowest BCUT2D eigenvalue weighted by molar-refractivity contribution is -0.138. The monoisotopic (exact) mass is 443 g/mol. The van der Waals surface area contributed by atoms with E-state index >= 15 is 0 Å². The first-order chi connectivity index (χ1) is 14.7. The summed E-state index contributed by atoms with van der Waals surface area (Å²) in [6, 6.07) is 6.44. The quantitative estimate of drug-likeness (QED) is 0.755. The highest BCUT2D eigenvalue weighted by atomic mass is 32.2. The summed E-state index contributed by atoms with van der Waals surface area (Å²) in [5, 5.41) is 2.91. The molecule has 0 saturated carbocycles. The molecule has 0 aliphatic carbocycles. The number of nitrogens with zero attached hydrogens (tertiary/aromatic N) is 2. The van der Waals surface area contributed by atoms with Crippen molar-refractivity contribution in [2.24, 2.45) is 5.92 Å². The topological polar surface area (TPSA) is 69.7 Å². The Kier molecular flexibility index (Phi) is 6.08.